The number of carbonyl (C=O) groups is 1. The molecule has 0 atom stereocenters. The highest BCUT2D eigenvalue weighted by atomic mass is 32.2. The zero-order valence-electron chi connectivity index (χ0n) is 15.7. The lowest BCUT2D eigenvalue weighted by molar-refractivity contribution is -0.113. The van der Waals surface area contributed by atoms with Gasteiger partial charge in [0.05, 0.1) is 11.3 Å². The molecule has 0 bridgehead atoms. The van der Waals surface area contributed by atoms with Gasteiger partial charge < -0.3 is 14.5 Å². The summed E-state index contributed by atoms with van der Waals surface area (Å²) < 4.78 is 11.1. The largest absolute Gasteiger partial charge is 0.484 e. The van der Waals surface area contributed by atoms with E-state index >= 15 is 0 Å². The van der Waals surface area contributed by atoms with E-state index in [0.29, 0.717) is 21.7 Å². The first-order valence-electron chi connectivity index (χ1n) is 9.11. The maximum absolute atomic E-state index is 12.3. The Kier molecular flexibility index (Phi) is 5.83. The van der Waals surface area contributed by atoms with Gasteiger partial charge in [0.15, 0.2) is 6.61 Å². The summed E-state index contributed by atoms with van der Waals surface area (Å²) >= 11 is 2.65. The molecule has 1 aromatic carbocycles. The highest BCUT2D eigenvalue weighted by molar-refractivity contribution is 7.99. The Balaban J connectivity index is 1.29. The summed E-state index contributed by atoms with van der Waals surface area (Å²) in [4.78, 5) is 13.5. The molecule has 1 amide bonds. The zero-order valence-corrected chi connectivity index (χ0v) is 17.4. The minimum absolute atomic E-state index is 0.119. The molecule has 0 fully saturated rings. The number of nitriles is 1. The highest BCUT2D eigenvalue weighted by Gasteiger charge is 2.23. The van der Waals surface area contributed by atoms with Gasteiger partial charge in [-0.2, -0.15) is 5.26 Å². The van der Waals surface area contributed by atoms with Crippen molar-refractivity contribution in [3.05, 3.63) is 51.7 Å². The second kappa shape index (κ2) is 8.68. The van der Waals surface area contributed by atoms with Crippen molar-refractivity contribution in [1.82, 2.24) is 10.2 Å². The van der Waals surface area contributed by atoms with Crippen molar-refractivity contribution in [2.45, 2.75) is 38.0 Å². The predicted molar refractivity (Wildman–Crippen MR) is 110 cm³/mol. The van der Waals surface area contributed by atoms with Crippen molar-refractivity contribution in [2.24, 2.45) is 0 Å². The van der Waals surface area contributed by atoms with Crippen LogP contribution in [0.1, 0.15) is 33.9 Å². The van der Waals surface area contributed by atoms with Crippen LogP contribution in [0.3, 0.4) is 0 Å². The van der Waals surface area contributed by atoms with E-state index in [-0.39, 0.29) is 18.3 Å². The fourth-order valence-electron chi connectivity index (χ4n) is 3.11. The van der Waals surface area contributed by atoms with Crippen LogP contribution in [-0.2, 0) is 24.2 Å². The standard InChI is InChI=1S/C20H18N4O3S2/c1-12-4-2-5-13(8-12)26-10-18-23-24-20(27-18)28-11-17(25)22-19-15(9-21)14-6-3-7-16(14)29-19/h2,4-5,8H,3,6-7,10-11H2,1H3,(H,22,25). The van der Waals surface area contributed by atoms with Crippen LogP contribution in [-0.4, -0.2) is 21.9 Å². The van der Waals surface area contributed by atoms with Crippen LogP contribution >= 0.6 is 23.1 Å². The third kappa shape index (κ3) is 4.60. The van der Waals surface area contributed by atoms with Crippen molar-refractivity contribution >= 4 is 34.0 Å². The Hall–Kier alpha value is -2.83. The molecule has 3 aromatic rings. The van der Waals surface area contributed by atoms with Gasteiger partial charge in [-0.05, 0) is 49.4 Å². The number of fused-ring (bicyclic) bond motifs is 1. The minimum atomic E-state index is -0.206. The average Bonchev–Trinajstić information content (AvgIpc) is 3.41. The Morgan fingerprint density at radius 1 is 1.41 bits per heavy atom. The first-order valence-corrected chi connectivity index (χ1v) is 10.9. The first-order chi connectivity index (χ1) is 14.1. The topological polar surface area (TPSA) is 101 Å². The van der Waals surface area contributed by atoms with Crippen molar-refractivity contribution in [1.29, 1.82) is 5.26 Å². The summed E-state index contributed by atoms with van der Waals surface area (Å²) in [6.07, 6.45) is 2.97. The van der Waals surface area contributed by atoms with Crippen LogP contribution < -0.4 is 10.1 Å². The summed E-state index contributed by atoms with van der Waals surface area (Å²) in [5.41, 5.74) is 2.80. The molecule has 0 saturated heterocycles. The molecular weight excluding hydrogens is 408 g/mol. The maximum Gasteiger partial charge on any atom is 0.277 e. The fourth-order valence-corrected chi connectivity index (χ4v) is 4.94. The zero-order chi connectivity index (χ0) is 20.2. The van der Waals surface area contributed by atoms with E-state index in [9.17, 15) is 10.1 Å². The van der Waals surface area contributed by atoms with Crippen LogP contribution in [0.2, 0.25) is 0 Å². The molecule has 1 aliphatic carbocycles. The molecule has 0 spiro atoms. The number of nitrogens with one attached hydrogen (secondary N) is 1. The molecule has 0 saturated carbocycles. The van der Waals surface area contributed by atoms with Gasteiger partial charge in [0.25, 0.3) is 11.1 Å². The van der Waals surface area contributed by atoms with Crippen molar-refractivity contribution < 1.29 is 13.9 Å². The lowest BCUT2D eigenvalue weighted by Crippen LogP contribution is -2.14. The monoisotopic (exact) mass is 426 g/mol. The van der Waals surface area contributed by atoms with Crippen LogP contribution in [0.5, 0.6) is 5.75 Å². The Morgan fingerprint density at radius 2 is 2.31 bits per heavy atom. The third-order valence-electron chi connectivity index (χ3n) is 4.41. The van der Waals surface area contributed by atoms with E-state index < -0.39 is 0 Å². The number of amides is 1. The number of thioether (sulfide) groups is 1. The van der Waals surface area contributed by atoms with E-state index in [4.69, 9.17) is 9.15 Å². The van der Waals surface area contributed by atoms with Crippen molar-refractivity contribution in [2.75, 3.05) is 11.1 Å². The Labute approximate surface area is 176 Å². The molecule has 1 aliphatic rings. The average molecular weight is 427 g/mol. The van der Waals surface area contributed by atoms with Crippen LogP contribution in [0, 0.1) is 18.3 Å². The minimum Gasteiger partial charge on any atom is -0.484 e. The van der Waals surface area contributed by atoms with Gasteiger partial charge in [-0.15, -0.1) is 21.5 Å². The smallest absolute Gasteiger partial charge is 0.277 e. The number of hydrogen-bond donors (Lipinski definition) is 1. The number of aryl methyl sites for hydroxylation is 2. The van der Waals surface area contributed by atoms with Crippen molar-refractivity contribution in [3.63, 3.8) is 0 Å². The molecule has 148 valence electrons. The molecule has 7 nitrogen and oxygen atoms in total. The normalized spacial score (nSPS) is 12.4. The number of hydrogen-bond acceptors (Lipinski definition) is 8. The maximum atomic E-state index is 12.3. The van der Waals surface area contributed by atoms with Crippen LogP contribution in [0.25, 0.3) is 0 Å². The fraction of sp³-hybridized carbons (Fsp3) is 0.300. The molecular formula is C20H18N4O3S2. The Bertz CT molecular complexity index is 1080. The van der Waals surface area contributed by atoms with Gasteiger partial charge in [-0.3, -0.25) is 4.79 Å². The van der Waals surface area contributed by atoms with E-state index in [2.05, 4.69) is 21.6 Å². The van der Waals surface area contributed by atoms with E-state index in [1.165, 1.54) is 16.2 Å². The number of ether oxygens (including phenoxy) is 1. The number of rotatable bonds is 7. The quantitative estimate of drug-likeness (QED) is 0.567. The number of nitrogens with zero attached hydrogens (tertiary/aromatic N) is 3. The number of aromatic nitrogens is 2. The summed E-state index contributed by atoms with van der Waals surface area (Å²) in [6.45, 7) is 2.15. The van der Waals surface area contributed by atoms with E-state index in [0.717, 1.165) is 47.9 Å². The van der Waals surface area contributed by atoms with Gasteiger partial charge in [-0.25, -0.2) is 0 Å². The van der Waals surface area contributed by atoms with Gasteiger partial charge in [0, 0.05) is 4.88 Å². The number of carbonyl (C=O) groups excluding carboxylic acids is 1. The van der Waals surface area contributed by atoms with Crippen LogP contribution in [0.15, 0.2) is 33.9 Å². The summed E-state index contributed by atoms with van der Waals surface area (Å²) in [7, 11) is 0. The number of anilines is 1. The second-order valence-electron chi connectivity index (χ2n) is 6.58. The SMILES string of the molecule is Cc1cccc(OCc2nnc(SCC(=O)Nc3sc4c(c3C#N)CCC4)o2)c1. The van der Waals surface area contributed by atoms with Gasteiger partial charge in [0.2, 0.25) is 5.91 Å². The second-order valence-corrected chi connectivity index (χ2v) is 8.61. The summed E-state index contributed by atoms with van der Waals surface area (Å²) in [5.74, 6) is 0.985. The number of benzene rings is 1. The highest BCUT2D eigenvalue weighted by Crippen LogP contribution is 2.38. The molecule has 29 heavy (non-hydrogen) atoms. The van der Waals surface area contributed by atoms with Gasteiger partial charge >= 0.3 is 0 Å². The van der Waals surface area contributed by atoms with Crippen molar-refractivity contribution in [3.8, 4) is 11.8 Å². The third-order valence-corrected chi connectivity index (χ3v) is 6.44. The molecule has 0 aliphatic heterocycles. The molecule has 9 heteroatoms. The molecule has 4 rings (SSSR count). The van der Waals surface area contributed by atoms with Crippen LogP contribution in [0.4, 0.5) is 5.00 Å². The van der Waals surface area contributed by atoms with Gasteiger partial charge in [-0.1, -0.05) is 23.9 Å². The molecule has 2 aromatic heterocycles. The summed E-state index contributed by atoms with van der Waals surface area (Å²) in [5, 5.41) is 21.1. The summed E-state index contributed by atoms with van der Waals surface area (Å²) in [6, 6.07) is 9.91. The molecule has 0 unspecified atom stereocenters. The molecule has 1 N–H and O–H groups in total. The van der Waals surface area contributed by atoms with Gasteiger partial charge in [0.1, 0.15) is 16.8 Å². The van der Waals surface area contributed by atoms with E-state index in [1.807, 2.05) is 31.2 Å². The van der Waals surface area contributed by atoms with E-state index in [1.54, 1.807) is 0 Å². The molecule has 0 radical (unpaired) electrons. The first kappa shape index (κ1) is 19.5. The Morgan fingerprint density at radius 3 is 3.14 bits per heavy atom. The number of thiophene rings is 1. The lowest BCUT2D eigenvalue weighted by Gasteiger charge is -2.03. The predicted octanol–water partition coefficient (Wildman–Crippen LogP) is 4.11. The lowest BCUT2D eigenvalue weighted by atomic mass is 10.1. The molecule has 2 heterocycles.